The van der Waals surface area contributed by atoms with Crippen molar-refractivity contribution >= 4 is 20.0 Å². The van der Waals surface area contributed by atoms with Crippen molar-refractivity contribution in [1.29, 1.82) is 0 Å². The van der Waals surface area contributed by atoms with E-state index in [1.807, 2.05) is 6.08 Å². The Balaban J connectivity index is 1.97. The second kappa shape index (κ2) is 5.02. The molecular weight excluding hydrogens is 268 g/mol. The predicted molar refractivity (Wildman–Crippen MR) is 84.2 cm³/mol. The molecule has 0 bridgehead atoms. The summed E-state index contributed by atoms with van der Waals surface area (Å²) in [6.07, 6.45) is 5.27. The molecule has 0 aromatic carbocycles. The van der Waals surface area contributed by atoms with Gasteiger partial charge in [-0.15, -0.1) is 0 Å². The Bertz CT molecular complexity index is 463. The van der Waals surface area contributed by atoms with Gasteiger partial charge in [0.15, 0.2) is 8.24 Å². The van der Waals surface area contributed by atoms with Crippen LogP contribution >= 0.6 is 0 Å². The van der Waals surface area contributed by atoms with Crippen molar-refractivity contribution in [2.75, 3.05) is 0 Å². The predicted octanol–water partition coefficient (Wildman–Crippen LogP) is 3.31. The first-order chi connectivity index (χ1) is 9.13. The van der Waals surface area contributed by atoms with Gasteiger partial charge in [0.2, 0.25) is 11.8 Å². The van der Waals surface area contributed by atoms with Crippen LogP contribution in [0.15, 0.2) is 17.3 Å². The van der Waals surface area contributed by atoms with E-state index in [1.165, 1.54) is 0 Å². The number of hydrogen-bond donors (Lipinski definition) is 0. The molecule has 0 aliphatic carbocycles. The molecule has 2 rings (SSSR count). The van der Waals surface area contributed by atoms with E-state index in [1.54, 1.807) is 6.20 Å². The zero-order valence-corrected chi connectivity index (χ0v) is 14.4. The standard InChI is InChI=1S/C15H26N2O2Si/c1-11(19-13-7-8-16-13)9-12-10-14(18)17(12)20(5,6)15(2,3)4/h7-8,11-12H,9-10H2,1-6H3. The fourth-order valence-electron chi connectivity index (χ4n) is 2.64. The molecule has 2 aliphatic rings. The summed E-state index contributed by atoms with van der Waals surface area (Å²) in [5.41, 5.74) is 0. The number of carbonyl (C=O) groups excluding carboxylic acids is 1. The van der Waals surface area contributed by atoms with Crippen molar-refractivity contribution in [1.82, 2.24) is 4.57 Å². The fourth-order valence-corrected chi connectivity index (χ4v) is 5.19. The van der Waals surface area contributed by atoms with Gasteiger partial charge in [0.1, 0.15) is 0 Å². The van der Waals surface area contributed by atoms with E-state index >= 15 is 0 Å². The van der Waals surface area contributed by atoms with E-state index < -0.39 is 8.24 Å². The summed E-state index contributed by atoms with van der Waals surface area (Å²) in [7, 11) is -1.76. The lowest BCUT2D eigenvalue weighted by atomic mass is 10.00. The summed E-state index contributed by atoms with van der Waals surface area (Å²) in [6, 6.07) is 0.336. The van der Waals surface area contributed by atoms with Gasteiger partial charge in [-0.25, -0.2) is 4.99 Å². The van der Waals surface area contributed by atoms with Crippen molar-refractivity contribution in [3.63, 3.8) is 0 Å². The molecule has 0 radical (unpaired) electrons. The Morgan fingerprint density at radius 1 is 1.50 bits per heavy atom. The molecule has 0 spiro atoms. The minimum atomic E-state index is -1.76. The van der Waals surface area contributed by atoms with Crippen LogP contribution in [0.2, 0.25) is 18.1 Å². The van der Waals surface area contributed by atoms with Gasteiger partial charge in [-0.2, -0.15) is 0 Å². The molecule has 2 unspecified atom stereocenters. The average Bonchev–Trinajstić information content (AvgIpc) is 2.20. The Morgan fingerprint density at radius 2 is 2.10 bits per heavy atom. The quantitative estimate of drug-likeness (QED) is 0.589. The number of ether oxygens (including phenoxy) is 1. The lowest BCUT2D eigenvalue weighted by molar-refractivity contribution is -0.139. The van der Waals surface area contributed by atoms with Gasteiger partial charge in [-0.05, 0) is 12.0 Å². The summed E-state index contributed by atoms with van der Waals surface area (Å²) in [4.78, 5) is 16.1. The Hall–Kier alpha value is -1.10. The molecule has 0 saturated carbocycles. The lowest BCUT2D eigenvalue weighted by Crippen LogP contribution is -2.68. The SMILES string of the molecule is CC(CC1CC(=O)N1[Si](C)(C)C(C)(C)C)OC1=NC=C1. The monoisotopic (exact) mass is 294 g/mol. The topological polar surface area (TPSA) is 41.9 Å². The zero-order chi connectivity index (χ0) is 15.1. The van der Waals surface area contributed by atoms with Gasteiger partial charge >= 0.3 is 0 Å². The number of rotatable bonds is 4. The van der Waals surface area contributed by atoms with Crippen molar-refractivity contribution in [2.24, 2.45) is 4.99 Å². The molecule has 0 aromatic heterocycles. The third kappa shape index (κ3) is 2.68. The van der Waals surface area contributed by atoms with Crippen LogP contribution in [0.4, 0.5) is 0 Å². The molecular formula is C15H26N2O2Si. The molecule has 1 saturated heterocycles. The van der Waals surface area contributed by atoms with Crippen LogP contribution < -0.4 is 0 Å². The molecule has 20 heavy (non-hydrogen) atoms. The fraction of sp³-hybridized carbons (Fsp3) is 0.733. The first kappa shape index (κ1) is 15.3. The maximum Gasteiger partial charge on any atom is 0.216 e. The number of nitrogens with zero attached hydrogens (tertiary/aromatic N) is 2. The molecule has 112 valence electrons. The molecule has 0 N–H and O–H groups in total. The van der Waals surface area contributed by atoms with Crippen LogP contribution in [0, 0.1) is 0 Å². The number of hydrogen-bond acceptors (Lipinski definition) is 3. The third-order valence-corrected chi connectivity index (χ3v) is 10.3. The molecule has 2 atom stereocenters. The van der Waals surface area contributed by atoms with E-state index in [2.05, 4.69) is 50.3 Å². The smallest absolute Gasteiger partial charge is 0.216 e. The molecule has 1 amide bonds. The van der Waals surface area contributed by atoms with Crippen LogP contribution in [0.5, 0.6) is 0 Å². The molecule has 1 fully saturated rings. The second-order valence-corrected chi connectivity index (χ2v) is 12.5. The number of β-lactam (4-membered cyclic amide) rings is 1. The molecule has 4 nitrogen and oxygen atoms in total. The lowest BCUT2D eigenvalue weighted by Gasteiger charge is -2.55. The summed E-state index contributed by atoms with van der Waals surface area (Å²) < 4.78 is 7.90. The summed E-state index contributed by atoms with van der Waals surface area (Å²) in [6.45, 7) is 13.4. The van der Waals surface area contributed by atoms with Gasteiger partial charge < -0.3 is 9.30 Å². The summed E-state index contributed by atoms with van der Waals surface area (Å²) in [5.74, 6) is 1.02. The minimum Gasteiger partial charge on any atom is -0.475 e. The highest BCUT2D eigenvalue weighted by Gasteiger charge is 2.51. The molecule has 2 aliphatic heterocycles. The number of aliphatic imine (C=N–C) groups is 1. The Labute approximate surface area is 123 Å². The van der Waals surface area contributed by atoms with Gasteiger partial charge in [0, 0.05) is 31.2 Å². The molecule has 5 heteroatoms. The van der Waals surface area contributed by atoms with Crippen LogP contribution in [-0.2, 0) is 9.53 Å². The van der Waals surface area contributed by atoms with Crippen molar-refractivity contribution in [3.8, 4) is 0 Å². The van der Waals surface area contributed by atoms with E-state index in [0.717, 1.165) is 6.42 Å². The van der Waals surface area contributed by atoms with Gasteiger partial charge in [0.05, 0.1) is 6.10 Å². The first-order valence-electron chi connectivity index (χ1n) is 7.36. The maximum absolute atomic E-state index is 12.1. The zero-order valence-electron chi connectivity index (χ0n) is 13.4. The van der Waals surface area contributed by atoms with Crippen LogP contribution in [0.3, 0.4) is 0 Å². The van der Waals surface area contributed by atoms with E-state index in [-0.39, 0.29) is 11.1 Å². The first-order valence-corrected chi connectivity index (χ1v) is 10.3. The summed E-state index contributed by atoms with van der Waals surface area (Å²) >= 11 is 0. The average molecular weight is 294 g/mol. The van der Waals surface area contributed by atoms with Gasteiger partial charge in [0.25, 0.3) is 0 Å². The van der Waals surface area contributed by atoms with Gasteiger partial charge in [-0.1, -0.05) is 33.9 Å². The highest BCUT2D eigenvalue weighted by Crippen LogP contribution is 2.43. The second-order valence-electron chi connectivity index (χ2n) is 7.38. The maximum atomic E-state index is 12.1. The summed E-state index contributed by atoms with van der Waals surface area (Å²) in [5, 5.41) is 0.187. The number of carbonyl (C=O) groups is 1. The van der Waals surface area contributed by atoms with Crippen LogP contribution in [0.25, 0.3) is 0 Å². The Morgan fingerprint density at radius 3 is 2.50 bits per heavy atom. The van der Waals surface area contributed by atoms with E-state index in [4.69, 9.17) is 4.74 Å². The third-order valence-electron chi connectivity index (χ3n) is 4.83. The number of amides is 1. The highest BCUT2D eigenvalue weighted by atomic mass is 28.3. The minimum absolute atomic E-state index is 0.101. The highest BCUT2D eigenvalue weighted by molar-refractivity contribution is 6.79. The normalized spacial score (nSPS) is 23.9. The van der Waals surface area contributed by atoms with Gasteiger partial charge in [-0.3, -0.25) is 4.79 Å². The van der Waals surface area contributed by atoms with Crippen molar-refractivity contribution < 1.29 is 9.53 Å². The Kier molecular flexibility index (Phi) is 3.84. The molecule has 0 aromatic rings. The van der Waals surface area contributed by atoms with Crippen molar-refractivity contribution in [2.45, 2.75) is 70.8 Å². The largest absolute Gasteiger partial charge is 0.475 e. The van der Waals surface area contributed by atoms with Crippen LogP contribution in [-0.4, -0.2) is 36.8 Å². The van der Waals surface area contributed by atoms with E-state index in [0.29, 0.717) is 24.3 Å². The van der Waals surface area contributed by atoms with E-state index in [9.17, 15) is 4.79 Å². The molecule has 2 heterocycles. The van der Waals surface area contributed by atoms with Crippen molar-refractivity contribution in [3.05, 3.63) is 12.3 Å². The van der Waals surface area contributed by atoms with Crippen LogP contribution in [0.1, 0.15) is 40.5 Å².